The SMILES string of the molecule is CN=C(Nc1ccccc1)Nc1nc(CCCCCCCCCCCCc2cc(=O)[nH]c(/N=C(/N)Nc3ccccc3)n2)cc(=O)[nH]1. The van der Waals surface area contributed by atoms with Crippen LogP contribution in [0.25, 0.3) is 0 Å². The molecular weight excluding hydrogens is 592 g/mol. The topological polar surface area (TPSA) is 178 Å². The molecule has 0 bridgehead atoms. The van der Waals surface area contributed by atoms with Gasteiger partial charge in [0.15, 0.2) is 0 Å². The van der Waals surface area contributed by atoms with E-state index in [1.165, 1.54) is 38.2 Å². The highest BCUT2D eigenvalue weighted by molar-refractivity contribution is 6.02. The summed E-state index contributed by atoms with van der Waals surface area (Å²) in [4.78, 5) is 47.1. The molecule has 47 heavy (non-hydrogen) atoms. The number of nitrogens with two attached hydrogens (primary N) is 1. The van der Waals surface area contributed by atoms with Gasteiger partial charge in [0.1, 0.15) is 0 Å². The lowest BCUT2D eigenvalue weighted by Crippen LogP contribution is -2.25. The van der Waals surface area contributed by atoms with Crippen LogP contribution in [0.3, 0.4) is 0 Å². The van der Waals surface area contributed by atoms with Gasteiger partial charge in [-0.05, 0) is 49.9 Å². The van der Waals surface area contributed by atoms with Crippen LogP contribution in [0, 0.1) is 0 Å². The van der Waals surface area contributed by atoms with Gasteiger partial charge in [0, 0.05) is 41.9 Å². The molecular formula is C35H46N10O2. The fourth-order valence-electron chi connectivity index (χ4n) is 5.12. The van der Waals surface area contributed by atoms with Crippen LogP contribution in [-0.2, 0) is 12.8 Å². The first-order valence-corrected chi connectivity index (χ1v) is 16.4. The number of para-hydroxylation sites is 2. The van der Waals surface area contributed by atoms with Gasteiger partial charge in [-0.3, -0.25) is 29.9 Å². The molecule has 2 aromatic heterocycles. The Balaban J connectivity index is 1.05. The molecule has 0 spiro atoms. The van der Waals surface area contributed by atoms with E-state index < -0.39 is 0 Å². The zero-order valence-electron chi connectivity index (χ0n) is 27.1. The zero-order valence-corrected chi connectivity index (χ0v) is 27.1. The molecule has 0 fully saturated rings. The molecule has 2 heterocycles. The third-order valence-electron chi connectivity index (χ3n) is 7.46. The Morgan fingerprint density at radius 2 is 1.15 bits per heavy atom. The van der Waals surface area contributed by atoms with Crippen LogP contribution < -0.4 is 32.8 Å². The van der Waals surface area contributed by atoms with E-state index in [-0.39, 0.29) is 23.0 Å². The largest absolute Gasteiger partial charge is 0.369 e. The number of H-pyrrole nitrogens is 2. The number of rotatable bonds is 17. The summed E-state index contributed by atoms with van der Waals surface area (Å²) in [5.41, 5.74) is 8.76. The number of aromatic nitrogens is 4. The average molecular weight is 639 g/mol. The van der Waals surface area contributed by atoms with Gasteiger partial charge in [-0.25, -0.2) is 9.97 Å². The van der Waals surface area contributed by atoms with Crippen molar-refractivity contribution in [2.24, 2.45) is 15.7 Å². The third-order valence-corrected chi connectivity index (χ3v) is 7.46. The van der Waals surface area contributed by atoms with E-state index in [1.807, 2.05) is 60.7 Å². The van der Waals surface area contributed by atoms with Gasteiger partial charge < -0.3 is 16.4 Å². The maximum Gasteiger partial charge on any atom is 0.252 e. The number of aliphatic imine (C=N–C) groups is 2. The van der Waals surface area contributed by atoms with Gasteiger partial charge in [0.25, 0.3) is 11.1 Å². The summed E-state index contributed by atoms with van der Waals surface area (Å²) in [6.07, 6.45) is 12.9. The Labute approximate surface area is 275 Å². The number of nitrogens with one attached hydrogen (secondary N) is 5. The standard InChI is InChI=1S/C35H46N10O2/c1-37-33(39-27-20-16-11-17-21-27)45-35-41-29(25-31(47)43-35)23-13-9-7-5-3-2-4-6-8-12-22-28-24-30(46)42-34(40-28)44-32(36)38-26-18-14-10-15-19-26/h10-11,14-21,24-25H,2-9,12-13,22-23H2,1H3,(H4,36,38,40,42,44,46)(H3,37,39,41,43,45,47). The second-order valence-electron chi connectivity index (χ2n) is 11.4. The summed E-state index contributed by atoms with van der Waals surface area (Å²) in [5.74, 6) is 1.25. The predicted molar refractivity (Wildman–Crippen MR) is 192 cm³/mol. The van der Waals surface area contributed by atoms with Crippen molar-refractivity contribution in [2.45, 2.75) is 77.0 Å². The zero-order chi connectivity index (χ0) is 33.1. The number of unbranched alkanes of at least 4 members (excludes halogenated alkanes) is 9. The summed E-state index contributed by atoms with van der Waals surface area (Å²) < 4.78 is 0. The number of benzene rings is 2. The third kappa shape index (κ3) is 13.3. The Bertz CT molecular complexity index is 1680. The Kier molecular flexibility index (Phi) is 14.2. The number of aryl methyl sites for hydroxylation is 2. The second kappa shape index (κ2) is 19.3. The first kappa shape index (κ1) is 34.6. The maximum absolute atomic E-state index is 12.2. The number of aromatic amines is 2. The summed E-state index contributed by atoms with van der Waals surface area (Å²) in [5, 5.41) is 9.24. The van der Waals surface area contributed by atoms with Crippen molar-refractivity contribution in [3.8, 4) is 0 Å². The highest BCUT2D eigenvalue weighted by Gasteiger charge is 2.06. The minimum Gasteiger partial charge on any atom is -0.369 e. The van der Waals surface area contributed by atoms with Crippen molar-refractivity contribution in [2.75, 3.05) is 23.0 Å². The van der Waals surface area contributed by atoms with Gasteiger partial charge in [0.2, 0.25) is 23.8 Å². The maximum atomic E-state index is 12.2. The quantitative estimate of drug-likeness (QED) is 0.0456. The lowest BCUT2D eigenvalue weighted by molar-refractivity contribution is 0.549. The predicted octanol–water partition coefficient (Wildman–Crippen LogP) is 6.11. The molecule has 0 saturated heterocycles. The number of hydrogen-bond acceptors (Lipinski definition) is 6. The first-order valence-electron chi connectivity index (χ1n) is 16.4. The number of hydrogen-bond donors (Lipinski definition) is 6. The Morgan fingerprint density at radius 3 is 1.70 bits per heavy atom. The average Bonchev–Trinajstić information content (AvgIpc) is 3.05. The van der Waals surface area contributed by atoms with Crippen molar-refractivity contribution < 1.29 is 0 Å². The molecule has 0 saturated carbocycles. The van der Waals surface area contributed by atoms with Crippen LogP contribution >= 0.6 is 0 Å². The van der Waals surface area contributed by atoms with Gasteiger partial charge in [0.05, 0.1) is 0 Å². The molecule has 4 rings (SSSR count). The van der Waals surface area contributed by atoms with Crippen LogP contribution in [0.2, 0.25) is 0 Å². The number of guanidine groups is 2. The molecule has 0 amide bonds. The Hall–Kier alpha value is -5.26. The van der Waals surface area contributed by atoms with E-state index in [0.717, 1.165) is 67.7 Å². The summed E-state index contributed by atoms with van der Waals surface area (Å²) >= 11 is 0. The molecule has 4 aromatic rings. The lowest BCUT2D eigenvalue weighted by atomic mass is 10.0. The molecule has 0 radical (unpaired) electrons. The summed E-state index contributed by atoms with van der Waals surface area (Å²) in [6.45, 7) is 0. The molecule has 0 unspecified atom stereocenters. The van der Waals surface area contributed by atoms with Gasteiger partial charge in [-0.2, -0.15) is 4.99 Å². The van der Waals surface area contributed by atoms with Crippen molar-refractivity contribution in [1.82, 2.24) is 19.9 Å². The molecule has 0 atom stereocenters. The molecule has 12 nitrogen and oxygen atoms in total. The molecule has 0 aliphatic rings. The van der Waals surface area contributed by atoms with Crippen molar-refractivity contribution in [3.63, 3.8) is 0 Å². The minimum atomic E-state index is -0.232. The van der Waals surface area contributed by atoms with Crippen LogP contribution in [0.4, 0.5) is 23.3 Å². The van der Waals surface area contributed by atoms with E-state index in [1.54, 1.807) is 13.1 Å². The monoisotopic (exact) mass is 638 g/mol. The summed E-state index contributed by atoms with van der Waals surface area (Å²) in [7, 11) is 1.67. The fourth-order valence-corrected chi connectivity index (χ4v) is 5.12. The second-order valence-corrected chi connectivity index (χ2v) is 11.4. The van der Waals surface area contributed by atoms with Crippen LogP contribution in [0.1, 0.15) is 75.6 Å². The summed E-state index contributed by atoms with van der Waals surface area (Å²) in [6, 6.07) is 22.3. The molecule has 248 valence electrons. The number of anilines is 3. The minimum absolute atomic E-state index is 0.164. The molecule has 2 aromatic carbocycles. The van der Waals surface area contributed by atoms with Crippen molar-refractivity contribution in [3.05, 3.63) is 105 Å². The lowest BCUT2D eigenvalue weighted by Gasteiger charge is -2.11. The van der Waals surface area contributed by atoms with E-state index in [9.17, 15) is 9.59 Å². The van der Waals surface area contributed by atoms with Crippen molar-refractivity contribution >= 4 is 35.2 Å². The van der Waals surface area contributed by atoms with Crippen LogP contribution in [0.5, 0.6) is 0 Å². The van der Waals surface area contributed by atoms with Crippen LogP contribution in [-0.4, -0.2) is 38.9 Å². The van der Waals surface area contributed by atoms with E-state index >= 15 is 0 Å². The van der Waals surface area contributed by atoms with Gasteiger partial charge in [-0.15, -0.1) is 0 Å². The molecule has 12 heteroatoms. The highest BCUT2D eigenvalue weighted by atomic mass is 16.1. The Morgan fingerprint density at radius 1 is 0.660 bits per heavy atom. The van der Waals surface area contributed by atoms with Gasteiger partial charge >= 0.3 is 0 Å². The fraction of sp³-hybridized carbons (Fsp3) is 0.371. The van der Waals surface area contributed by atoms with Crippen molar-refractivity contribution in [1.29, 1.82) is 0 Å². The smallest absolute Gasteiger partial charge is 0.252 e. The van der Waals surface area contributed by atoms with E-state index in [4.69, 9.17) is 5.73 Å². The molecule has 0 aliphatic carbocycles. The first-order chi connectivity index (χ1) is 23.0. The molecule has 7 N–H and O–H groups in total. The van der Waals surface area contributed by atoms with E-state index in [0.29, 0.717) is 11.9 Å². The number of nitrogens with zero attached hydrogens (tertiary/aromatic N) is 4. The highest BCUT2D eigenvalue weighted by Crippen LogP contribution is 2.14. The van der Waals surface area contributed by atoms with E-state index in [2.05, 4.69) is 45.9 Å². The van der Waals surface area contributed by atoms with Crippen LogP contribution in [0.15, 0.2) is 92.4 Å². The molecule has 0 aliphatic heterocycles. The van der Waals surface area contributed by atoms with Gasteiger partial charge in [-0.1, -0.05) is 87.8 Å². The normalized spacial score (nSPS) is 11.8.